The molecule has 1 saturated carbocycles. The number of amides is 1. The number of carbonyl (C=O) groups is 1. The maximum Gasteiger partial charge on any atom is 0.436 e. The van der Waals surface area contributed by atoms with E-state index in [4.69, 9.17) is 23.2 Å². The summed E-state index contributed by atoms with van der Waals surface area (Å²) in [6.45, 7) is 1.81. The first-order valence-electron chi connectivity index (χ1n) is 9.68. The molecule has 1 aliphatic carbocycles. The molecule has 1 amide bonds. The lowest BCUT2D eigenvalue weighted by atomic mass is 10.2. The van der Waals surface area contributed by atoms with Gasteiger partial charge >= 0.3 is 6.18 Å². The number of nitrogens with zero attached hydrogens (tertiary/aromatic N) is 4. The van der Waals surface area contributed by atoms with Gasteiger partial charge in [-0.05, 0) is 47.3 Å². The third-order valence-electron chi connectivity index (χ3n) is 5.12. The fourth-order valence-corrected chi connectivity index (χ4v) is 4.53. The molecule has 1 N–H and O–H groups in total. The van der Waals surface area contributed by atoms with E-state index in [2.05, 4.69) is 31.4 Å². The molecule has 2 heterocycles. The maximum atomic E-state index is 13.4. The van der Waals surface area contributed by atoms with Crippen LogP contribution in [0.15, 0.2) is 34.9 Å². The van der Waals surface area contributed by atoms with E-state index in [0.717, 1.165) is 23.1 Å². The SMILES string of the molecule is CC(C(=O)Nc1nn(Cc2ccccc2Cl)cc1Cl)n1nc(C(F)(F)F)c(Br)c1C1CC1. The summed E-state index contributed by atoms with van der Waals surface area (Å²) in [5, 5.41) is 11.3. The van der Waals surface area contributed by atoms with E-state index in [9.17, 15) is 18.0 Å². The van der Waals surface area contributed by atoms with E-state index in [0.29, 0.717) is 17.3 Å². The van der Waals surface area contributed by atoms with Gasteiger partial charge in [0.05, 0.1) is 16.7 Å². The summed E-state index contributed by atoms with van der Waals surface area (Å²) in [7, 11) is 0. The van der Waals surface area contributed by atoms with E-state index in [1.807, 2.05) is 18.2 Å². The van der Waals surface area contributed by atoms with Gasteiger partial charge in [-0.15, -0.1) is 0 Å². The van der Waals surface area contributed by atoms with Crippen molar-refractivity contribution < 1.29 is 18.0 Å². The summed E-state index contributed by atoms with van der Waals surface area (Å²) in [4.78, 5) is 12.9. The van der Waals surface area contributed by atoms with Crippen LogP contribution in [-0.4, -0.2) is 25.5 Å². The Kier molecular flexibility index (Phi) is 6.30. The highest BCUT2D eigenvalue weighted by molar-refractivity contribution is 9.10. The molecule has 1 aliphatic rings. The average molecular weight is 551 g/mol. The second-order valence-corrected chi connectivity index (χ2v) is 9.15. The molecule has 4 rings (SSSR count). The highest BCUT2D eigenvalue weighted by atomic mass is 79.9. The largest absolute Gasteiger partial charge is 0.436 e. The molecule has 1 aromatic carbocycles. The summed E-state index contributed by atoms with van der Waals surface area (Å²) in [6.07, 6.45) is -1.61. The first-order valence-corrected chi connectivity index (χ1v) is 11.2. The molecule has 0 spiro atoms. The zero-order chi connectivity index (χ0) is 23.2. The van der Waals surface area contributed by atoms with Crippen LogP contribution in [0.5, 0.6) is 0 Å². The number of hydrogen-bond donors (Lipinski definition) is 1. The van der Waals surface area contributed by atoms with Crippen LogP contribution in [0.25, 0.3) is 0 Å². The number of rotatable bonds is 6. The van der Waals surface area contributed by atoms with Crippen molar-refractivity contribution in [1.29, 1.82) is 0 Å². The molecule has 170 valence electrons. The van der Waals surface area contributed by atoms with Crippen LogP contribution in [0.1, 0.15) is 48.7 Å². The maximum absolute atomic E-state index is 13.4. The van der Waals surface area contributed by atoms with Gasteiger partial charge in [0, 0.05) is 17.1 Å². The van der Waals surface area contributed by atoms with Crippen LogP contribution in [0.4, 0.5) is 19.0 Å². The van der Waals surface area contributed by atoms with E-state index in [-0.39, 0.29) is 21.2 Å². The van der Waals surface area contributed by atoms with Crippen molar-refractivity contribution in [3.8, 4) is 0 Å². The van der Waals surface area contributed by atoms with Gasteiger partial charge in [-0.2, -0.15) is 23.4 Å². The number of carbonyl (C=O) groups excluding carboxylic acids is 1. The number of hydrogen-bond acceptors (Lipinski definition) is 3. The summed E-state index contributed by atoms with van der Waals surface area (Å²) in [5.74, 6) is -0.548. The molecule has 2 aromatic heterocycles. The van der Waals surface area contributed by atoms with Crippen LogP contribution in [-0.2, 0) is 17.5 Å². The zero-order valence-corrected chi connectivity index (χ0v) is 19.7. The van der Waals surface area contributed by atoms with Gasteiger partial charge in [0.25, 0.3) is 0 Å². The lowest BCUT2D eigenvalue weighted by Crippen LogP contribution is -2.26. The predicted octanol–water partition coefficient (Wildman–Crippen LogP) is 6.29. The van der Waals surface area contributed by atoms with Crippen LogP contribution in [0.3, 0.4) is 0 Å². The van der Waals surface area contributed by atoms with E-state index in [1.165, 1.54) is 17.8 Å². The lowest BCUT2D eigenvalue weighted by molar-refractivity contribution is -0.142. The Labute approximate surface area is 199 Å². The molecule has 0 aliphatic heterocycles. The molecular formula is C20H17BrCl2F3N5O. The fraction of sp³-hybridized carbons (Fsp3) is 0.350. The van der Waals surface area contributed by atoms with E-state index >= 15 is 0 Å². The highest BCUT2D eigenvalue weighted by Gasteiger charge is 2.43. The van der Waals surface area contributed by atoms with Crippen molar-refractivity contribution in [3.63, 3.8) is 0 Å². The first kappa shape index (κ1) is 23.1. The number of benzene rings is 1. The summed E-state index contributed by atoms with van der Waals surface area (Å²) in [5.41, 5.74) is 0.145. The van der Waals surface area contributed by atoms with Gasteiger partial charge in [-0.1, -0.05) is 41.4 Å². The number of halogens is 6. The molecule has 1 atom stereocenters. The zero-order valence-electron chi connectivity index (χ0n) is 16.6. The van der Waals surface area contributed by atoms with Crippen molar-refractivity contribution in [3.05, 3.63) is 61.9 Å². The second-order valence-electron chi connectivity index (χ2n) is 7.54. The van der Waals surface area contributed by atoms with Crippen LogP contribution in [0.2, 0.25) is 10.0 Å². The van der Waals surface area contributed by atoms with E-state index in [1.54, 1.807) is 6.07 Å². The highest BCUT2D eigenvalue weighted by Crippen LogP contribution is 2.47. The Morgan fingerprint density at radius 1 is 1.25 bits per heavy atom. The minimum atomic E-state index is -4.63. The topological polar surface area (TPSA) is 64.7 Å². The van der Waals surface area contributed by atoms with Crippen molar-refractivity contribution in [1.82, 2.24) is 19.6 Å². The predicted molar refractivity (Wildman–Crippen MR) is 118 cm³/mol. The Morgan fingerprint density at radius 3 is 2.56 bits per heavy atom. The van der Waals surface area contributed by atoms with Crippen molar-refractivity contribution in [2.75, 3.05) is 5.32 Å². The minimum absolute atomic E-state index is 0.0679. The molecular weight excluding hydrogens is 534 g/mol. The molecule has 1 fully saturated rings. The number of anilines is 1. The second kappa shape index (κ2) is 8.72. The Bertz CT molecular complexity index is 1170. The van der Waals surface area contributed by atoms with E-state index < -0.39 is 23.8 Å². The van der Waals surface area contributed by atoms with Crippen LogP contribution >= 0.6 is 39.1 Å². The lowest BCUT2D eigenvalue weighted by Gasteiger charge is -2.15. The molecule has 0 bridgehead atoms. The fourth-order valence-electron chi connectivity index (χ4n) is 3.32. The normalized spacial score (nSPS) is 15.1. The van der Waals surface area contributed by atoms with Crippen LogP contribution in [0, 0.1) is 0 Å². The molecule has 32 heavy (non-hydrogen) atoms. The Balaban J connectivity index is 1.55. The average Bonchev–Trinajstić information content (AvgIpc) is 3.40. The first-order chi connectivity index (χ1) is 15.1. The van der Waals surface area contributed by atoms with Crippen molar-refractivity contribution in [2.45, 2.75) is 44.4 Å². The van der Waals surface area contributed by atoms with Gasteiger partial charge in [0.2, 0.25) is 5.91 Å². The molecule has 12 heteroatoms. The Morgan fingerprint density at radius 2 is 1.94 bits per heavy atom. The standard InChI is InChI=1S/C20H17BrCl2F3N5O/c1-10(31-16(11-6-7-11)15(21)17(28-31)20(24,25)26)19(32)27-18-14(23)9-30(29-18)8-12-4-2-3-5-13(12)22/h2-5,9-11H,6-8H2,1H3,(H,27,29,32). The van der Waals surface area contributed by atoms with Gasteiger partial charge in [-0.25, -0.2) is 0 Å². The third-order valence-corrected chi connectivity index (χ3v) is 6.54. The number of nitrogens with one attached hydrogen (secondary N) is 1. The minimum Gasteiger partial charge on any atom is -0.306 e. The van der Waals surface area contributed by atoms with Gasteiger partial charge < -0.3 is 5.32 Å². The van der Waals surface area contributed by atoms with Gasteiger partial charge in [0.1, 0.15) is 11.1 Å². The van der Waals surface area contributed by atoms with Crippen LogP contribution < -0.4 is 5.32 Å². The number of alkyl halides is 3. The molecule has 0 radical (unpaired) electrons. The smallest absolute Gasteiger partial charge is 0.306 e. The molecule has 3 aromatic rings. The summed E-state index contributed by atoms with van der Waals surface area (Å²) >= 11 is 15.4. The summed E-state index contributed by atoms with van der Waals surface area (Å²) in [6, 6.07) is 6.23. The molecule has 0 saturated heterocycles. The van der Waals surface area contributed by atoms with Crippen molar-refractivity contribution >= 4 is 50.9 Å². The monoisotopic (exact) mass is 549 g/mol. The molecule has 6 nitrogen and oxygen atoms in total. The Hall–Kier alpha value is -2.04. The van der Waals surface area contributed by atoms with Gasteiger partial charge in [0.15, 0.2) is 11.5 Å². The quantitative estimate of drug-likeness (QED) is 0.392. The van der Waals surface area contributed by atoms with Crippen molar-refractivity contribution in [2.24, 2.45) is 0 Å². The summed E-state index contributed by atoms with van der Waals surface area (Å²) < 4.78 is 42.6. The molecule has 1 unspecified atom stereocenters. The third kappa shape index (κ3) is 4.67. The van der Waals surface area contributed by atoms with Gasteiger partial charge in [-0.3, -0.25) is 14.2 Å². The number of aromatic nitrogens is 4.